The molecule has 6 heteroatoms. The fraction of sp³-hybridized carbons (Fsp3) is 0.286. The van der Waals surface area contributed by atoms with E-state index in [9.17, 15) is 14.0 Å². The second-order valence-corrected chi connectivity index (χ2v) is 4.07. The highest BCUT2D eigenvalue weighted by Gasteiger charge is 2.16. The summed E-state index contributed by atoms with van der Waals surface area (Å²) in [6, 6.07) is 3.00. The molecular weight excluding hydrogens is 263 g/mol. The predicted molar refractivity (Wildman–Crippen MR) is 71.1 cm³/mol. The van der Waals surface area contributed by atoms with Crippen molar-refractivity contribution >= 4 is 11.8 Å². The Morgan fingerprint density at radius 3 is 2.75 bits per heavy atom. The zero-order valence-corrected chi connectivity index (χ0v) is 10.9. The second kappa shape index (κ2) is 7.26. The minimum atomic E-state index is -0.883. The zero-order chi connectivity index (χ0) is 15.1. The maximum Gasteiger partial charge on any atom is 0.254 e. The van der Waals surface area contributed by atoms with E-state index in [1.54, 1.807) is 0 Å². The molecule has 0 aliphatic carbocycles. The van der Waals surface area contributed by atoms with Crippen molar-refractivity contribution in [2.24, 2.45) is 5.73 Å². The SMILES string of the molecule is CC(NC(=O)c1ccc(C#CCCO)cc1F)C(N)=O. The molecule has 2 amide bonds. The van der Waals surface area contributed by atoms with Crippen LogP contribution in [-0.4, -0.2) is 29.6 Å². The van der Waals surface area contributed by atoms with Crippen molar-refractivity contribution in [2.75, 3.05) is 6.61 Å². The van der Waals surface area contributed by atoms with Crippen molar-refractivity contribution in [2.45, 2.75) is 19.4 Å². The Balaban J connectivity index is 2.86. The molecule has 1 rings (SSSR count). The van der Waals surface area contributed by atoms with E-state index in [1.165, 1.54) is 19.1 Å². The number of carbonyl (C=O) groups excluding carboxylic acids is 2. The Hall–Kier alpha value is -2.39. The lowest BCUT2D eigenvalue weighted by Gasteiger charge is -2.10. The maximum absolute atomic E-state index is 13.8. The van der Waals surface area contributed by atoms with Crippen LogP contribution in [0.15, 0.2) is 18.2 Å². The van der Waals surface area contributed by atoms with Crippen molar-refractivity contribution in [1.82, 2.24) is 5.32 Å². The van der Waals surface area contributed by atoms with Gasteiger partial charge in [-0.25, -0.2) is 4.39 Å². The molecule has 0 saturated carbocycles. The lowest BCUT2D eigenvalue weighted by molar-refractivity contribution is -0.119. The predicted octanol–water partition coefficient (Wildman–Crippen LogP) is 0.163. The smallest absolute Gasteiger partial charge is 0.254 e. The molecule has 0 aliphatic heterocycles. The Bertz CT molecular complexity index is 576. The fourth-order valence-corrected chi connectivity index (χ4v) is 1.34. The van der Waals surface area contributed by atoms with Gasteiger partial charge in [0.05, 0.1) is 12.2 Å². The van der Waals surface area contributed by atoms with Crippen LogP contribution < -0.4 is 11.1 Å². The third kappa shape index (κ3) is 4.37. The van der Waals surface area contributed by atoms with Crippen LogP contribution in [0.2, 0.25) is 0 Å². The Labute approximate surface area is 116 Å². The summed E-state index contributed by atoms with van der Waals surface area (Å²) < 4.78 is 13.8. The van der Waals surface area contributed by atoms with Crippen molar-refractivity contribution in [3.05, 3.63) is 35.1 Å². The van der Waals surface area contributed by atoms with Gasteiger partial charge in [-0.15, -0.1) is 0 Å². The van der Waals surface area contributed by atoms with Crippen LogP contribution in [0, 0.1) is 17.7 Å². The van der Waals surface area contributed by atoms with Crippen LogP contribution in [0.4, 0.5) is 4.39 Å². The van der Waals surface area contributed by atoms with Gasteiger partial charge in [-0.1, -0.05) is 11.8 Å². The van der Waals surface area contributed by atoms with Crippen LogP contribution in [0.5, 0.6) is 0 Å². The summed E-state index contributed by atoms with van der Waals surface area (Å²) in [5.74, 6) is 3.14. The van der Waals surface area contributed by atoms with Crippen LogP contribution in [0.3, 0.4) is 0 Å². The van der Waals surface area contributed by atoms with Gasteiger partial charge < -0.3 is 16.2 Å². The molecule has 0 fully saturated rings. The van der Waals surface area contributed by atoms with E-state index in [4.69, 9.17) is 10.8 Å². The van der Waals surface area contributed by atoms with Crippen LogP contribution in [0.25, 0.3) is 0 Å². The standard InChI is InChI=1S/C14H15FN2O3/c1-9(13(16)19)17-14(20)11-6-5-10(8-12(11)15)4-2-3-7-18/h5-6,8-9,18H,3,7H2,1H3,(H2,16,19)(H,17,20). The first kappa shape index (κ1) is 15.7. The van der Waals surface area contributed by atoms with E-state index in [0.717, 1.165) is 6.07 Å². The molecule has 0 aromatic heterocycles. The zero-order valence-electron chi connectivity index (χ0n) is 10.9. The molecule has 1 aromatic carbocycles. The molecule has 1 unspecified atom stereocenters. The number of rotatable bonds is 4. The van der Waals surface area contributed by atoms with E-state index in [2.05, 4.69) is 17.2 Å². The minimum Gasteiger partial charge on any atom is -0.395 e. The van der Waals surface area contributed by atoms with Crippen molar-refractivity contribution in [1.29, 1.82) is 0 Å². The highest BCUT2D eigenvalue weighted by atomic mass is 19.1. The monoisotopic (exact) mass is 278 g/mol. The number of aliphatic hydroxyl groups excluding tert-OH is 1. The van der Waals surface area contributed by atoms with Gasteiger partial charge in [0, 0.05) is 12.0 Å². The molecule has 106 valence electrons. The summed E-state index contributed by atoms with van der Waals surface area (Å²) in [6.07, 6.45) is 0.292. The first-order chi connectivity index (χ1) is 9.45. The van der Waals surface area contributed by atoms with E-state index < -0.39 is 23.7 Å². The first-order valence-corrected chi connectivity index (χ1v) is 5.95. The van der Waals surface area contributed by atoms with Crippen molar-refractivity contribution < 1.29 is 19.1 Å². The van der Waals surface area contributed by atoms with Gasteiger partial charge in [-0.2, -0.15) is 0 Å². The summed E-state index contributed by atoms with van der Waals surface area (Å²) in [5, 5.41) is 10.9. The number of nitrogens with one attached hydrogen (secondary N) is 1. The third-order valence-corrected chi connectivity index (χ3v) is 2.46. The lowest BCUT2D eigenvalue weighted by Crippen LogP contribution is -2.42. The third-order valence-electron chi connectivity index (χ3n) is 2.46. The Morgan fingerprint density at radius 2 is 2.20 bits per heavy atom. The molecule has 5 nitrogen and oxygen atoms in total. The Kier molecular flexibility index (Phi) is 5.69. The van der Waals surface area contributed by atoms with Crippen molar-refractivity contribution in [3.63, 3.8) is 0 Å². The van der Waals surface area contributed by atoms with Gasteiger partial charge in [0.2, 0.25) is 5.91 Å². The second-order valence-electron chi connectivity index (χ2n) is 4.07. The van der Waals surface area contributed by atoms with Crippen LogP contribution in [-0.2, 0) is 4.79 Å². The molecule has 0 radical (unpaired) electrons. The van der Waals surface area contributed by atoms with Crippen molar-refractivity contribution in [3.8, 4) is 11.8 Å². The number of aliphatic hydroxyl groups is 1. The molecule has 1 aromatic rings. The van der Waals surface area contributed by atoms with Gasteiger partial charge in [0.25, 0.3) is 5.91 Å². The number of nitrogens with two attached hydrogens (primary N) is 1. The summed E-state index contributed by atoms with van der Waals surface area (Å²) >= 11 is 0. The molecule has 0 spiro atoms. The summed E-state index contributed by atoms with van der Waals surface area (Å²) in [5.41, 5.74) is 5.22. The number of halogens is 1. The molecule has 20 heavy (non-hydrogen) atoms. The number of primary amides is 1. The molecule has 1 atom stereocenters. The van der Waals surface area contributed by atoms with Crippen LogP contribution >= 0.6 is 0 Å². The highest BCUT2D eigenvalue weighted by molar-refractivity contribution is 5.97. The van der Waals surface area contributed by atoms with E-state index in [-0.39, 0.29) is 12.2 Å². The number of hydrogen-bond donors (Lipinski definition) is 3. The summed E-state index contributed by atoms with van der Waals surface area (Å²) in [7, 11) is 0. The largest absolute Gasteiger partial charge is 0.395 e. The molecule has 0 saturated heterocycles. The van der Waals surface area contributed by atoms with E-state index >= 15 is 0 Å². The Morgan fingerprint density at radius 1 is 1.50 bits per heavy atom. The first-order valence-electron chi connectivity index (χ1n) is 5.95. The molecule has 0 heterocycles. The average molecular weight is 278 g/mol. The average Bonchev–Trinajstić information content (AvgIpc) is 2.38. The summed E-state index contributed by atoms with van der Waals surface area (Å²) in [4.78, 5) is 22.6. The fourth-order valence-electron chi connectivity index (χ4n) is 1.34. The normalized spacial score (nSPS) is 11.2. The maximum atomic E-state index is 13.8. The molecule has 0 aliphatic rings. The highest BCUT2D eigenvalue weighted by Crippen LogP contribution is 2.10. The van der Waals surface area contributed by atoms with Gasteiger partial charge in [0.1, 0.15) is 11.9 Å². The van der Waals surface area contributed by atoms with Crippen LogP contribution in [0.1, 0.15) is 29.3 Å². The minimum absolute atomic E-state index is 0.0685. The lowest BCUT2D eigenvalue weighted by atomic mass is 10.1. The van der Waals surface area contributed by atoms with E-state index in [0.29, 0.717) is 12.0 Å². The number of hydrogen-bond acceptors (Lipinski definition) is 3. The summed E-state index contributed by atoms with van der Waals surface area (Å²) in [6.45, 7) is 1.34. The molecule has 0 bridgehead atoms. The van der Waals surface area contributed by atoms with Gasteiger partial charge in [-0.05, 0) is 25.1 Å². The number of amides is 2. The number of carbonyl (C=O) groups is 2. The molecule has 4 N–H and O–H groups in total. The number of benzene rings is 1. The van der Waals surface area contributed by atoms with Gasteiger partial charge in [0.15, 0.2) is 0 Å². The molecular formula is C14H15FN2O3. The quantitative estimate of drug-likeness (QED) is 0.685. The van der Waals surface area contributed by atoms with Gasteiger partial charge in [-0.3, -0.25) is 9.59 Å². The van der Waals surface area contributed by atoms with Gasteiger partial charge >= 0.3 is 0 Å². The topological polar surface area (TPSA) is 92.4 Å². The van der Waals surface area contributed by atoms with E-state index in [1.807, 2.05) is 0 Å².